The van der Waals surface area contributed by atoms with Gasteiger partial charge in [0.1, 0.15) is 16.5 Å². The number of hydrogen-bond acceptors (Lipinski definition) is 12. The minimum Gasteiger partial charge on any atom is -0.462 e. The van der Waals surface area contributed by atoms with Gasteiger partial charge in [0.2, 0.25) is 5.95 Å². The number of esters is 1. The summed E-state index contributed by atoms with van der Waals surface area (Å²) in [6, 6.07) is 7.71. The number of benzene rings is 1. The van der Waals surface area contributed by atoms with E-state index in [0.29, 0.717) is 66.1 Å². The van der Waals surface area contributed by atoms with Crippen LogP contribution >= 0.6 is 11.3 Å². The van der Waals surface area contributed by atoms with Gasteiger partial charge in [-0.3, -0.25) is 9.87 Å². The Morgan fingerprint density at radius 3 is 2.58 bits per heavy atom. The summed E-state index contributed by atoms with van der Waals surface area (Å²) < 4.78 is 42.2. The number of anilines is 4. The molecule has 1 aromatic carbocycles. The van der Waals surface area contributed by atoms with E-state index in [-0.39, 0.29) is 11.5 Å². The van der Waals surface area contributed by atoms with Crippen LogP contribution in [0.2, 0.25) is 0 Å². The van der Waals surface area contributed by atoms with Crippen molar-refractivity contribution in [1.82, 2.24) is 15.0 Å². The lowest BCUT2D eigenvalue weighted by molar-refractivity contribution is 0.0531. The van der Waals surface area contributed by atoms with E-state index >= 15 is 0 Å². The van der Waals surface area contributed by atoms with Gasteiger partial charge in [-0.2, -0.15) is 18.4 Å². The van der Waals surface area contributed by atoms with Crippen molar-refractivity contribution in [2.24, 2.45) is 0 Å². The molecule has 3 heterocycles. The molecule has 12 nitrogen and oxygen atoms in total. The average Bonchev–Trinajstić information content (AvgIpc) is 3.23. The molecule has 0 amide bonds. The van der Waals surface area contributed by atoms with Crippen molar-refractivity contribution in [2.75, 3.05) is 48.4 Å². The van der Waals surface area contributed by atoms with E-state index in [2.05, 4.69) is 30.5 Å². The Kier molecular flexibility index (Phi) is 7.98. The Hall–Kier alpha value is -3.33. The van der Waals surface area contributed by atoms with Crippen LogP contribution in [0.4, 0.5) is 22.7 Å². The Bertz CT molecular complexity index is 1320. The maximum absolute atomic E-state index is 12.2. The van der Waals surface area contributed by atoms with E-state index in [0.717, 1.165) is 16.9 Å². The van der Waals surface area contributed by atoms with E-state index in [1.807, 2.05) is 6.07 Å². The largest absolute Gasteiger partial charge is 0.462 e. The van der Waals surface area contributed by atoms with Crippen LogP contribution in [0.25, 0.3) is 0 Å². The maximum Gasteiger partial charge on any atom is 0.350 e. The summed E-state index contributed by atoms with van der Waals surface area (Å²) in [7, 11) is -4.25. The highest BCUT2D eigenvalue weighted by molar-refractivity contribution is 7.85. The molecular weight excluding hydrogens is 508 g/mol. The fourth-order valence-corrected chi connectivity index (χ4v) is 4.77. The highest BCUT2D eigenvalue weighted by atomic mass is 32.2. The molecule has 4 rings (SSSR count). The predicted octanol–water partition coefficient (Wildman–Crippen LogP) is 2.86. The van der Waals surface area contributed by atoms with E-state index in [1.54, 1.807) is 26.0 Å². The SMILES string of the molecule is CCOC(=O)c1sc(Nc2nc(NCc3ccc(S(=O)(=O)O)cc3)cc(N3CCOCC3)n2)nc1C. The lowest BCUT2D eigenvalue weighted by Gasteiger charge is -2.28. The summed E-state index contributed by atoms with van der Waals surface area (Å²) in [5.74, 6) is 1.10. The number of carbonyl (C=O) groups excluding carboxylic acids is 1. The minimum atomic E-state index is -4.25. The zero-order valence-electron chi connectivity index (χ0n) is 19.7. The van der Waals surface area contributed by atoms with Gasteiger partial charge in [0.25, 0.3) is 10.1 Å². The monoisotopic (exact) mass is 534 g/mol. The number of carbonyl (C=O) groups is 1. The molecule has 0 bridgehead atoms. The molecule has 0 atom stereocenters. The molecule has 1 fully saturated rings. The third kappa shape index (κ3) is 6.46. The number of nitrogens with one attached hydrogen (secondary N) is 2. The van der Waals surface area contributed by atoms with Gasteiger partial charge in [0.05, 0.1) is 30.4 Å². The highest BCUT2D eigenvalue weighted by Crippen LogP contribution is 2.27. The van der Waals surface area contributed by atoms with Crippen molar-refractivity contribution >= 4 is 50.1 Å². The first-order valence-electron chi connectivity index (χ1n) is 11.2. The normalized spacial score (nSPS) is 13.9. The molecule has 36 heavy (non-hydrogen) atoms. The summed E-state index contributed by atoms with van der Waals surface area (Å²) in [6.07, 6.45) is 0. The summed E-state index contributed by atoms with van der Waals surface area (Å²) in [6.45, 7) is 6.64. The Balaban J connectivity index is 1.56. The molecule has 192 valence electrons. The second kappa shape index (κ2) is 11.2. The number of rotatable bonds is 9. The Morgan fingerprint density at radius 1 is 1.19 bits per heavy atom. The molecule has 0 aliphatic carbocycles. The summed E-state index contributed by atoms with van der Waals surface area (Å²) in [5, 5.41) is 6.77. The van der Waals surface area contributed by atoms with Crippen molar-refractivity contribution in [3.63, 3.8) is 0 Å². The number of nitrogens with zero attached hydrogens (tertiary/aromatic N) is 4. The molecule has 1 aliphatic heterocycles. The first-order valence-corrected chi connectivity index (χ1v) is 13.4. The van der Waals surface area contributed by atoms with Gasteiger partial charge < -0.3 is 19.7 Å². The van der Waals surface area contributed by atoms with Gasteiger partial charge >= 0.3 is 5.97 Å². The standard InChI is InChI=1S/C22H26N6O6S2/c1-3-34-20(29)19-14(2)24-22(35-19)27-21-25-17(12-18(26-21)28-8-10-33-11-9-28)23-13-15-4-6-16(7-5-15)36(30,31)32/h4-7,12H,3,8-11,13H2,1-2H3,(H,30,31,32)(H2,23,24,25,26,27). The van der Waals surface area contributed by atoms with Crippen LogP contribution in [0.3, 0.4) is 0 Å². The molecule has 0 spiro atoms. The van der Waals surface area contributed by atoms with Gasteiger partial charge in [-0.25, -0.2) is 9.78 Å². The third-order valence-electron chi connectivity index (χ3n) is 5.22. The van der Waals surface area contributed by atoms with Crippen molar-refractivity contribution in [2.45, 2.75) is 25.3 Å². The van der Waals surface area contributed by atoms with Crippen molar-refractivity contribution in [3.05, 3.63) is 46.5 Å². The molecule has 3 N–H and O–H groups in total. The fraction of sp³-hybridized carbons (Fsp3) is 0.364. The average molecular weight is 535 g/mol. The zero-order valence-corrected chi connectivity index (χ0v) is 21.4. The van der Waals surface area contributed by atoms with Gasteiger partial charge in [0, 0.05) is 25.7 Å². The summed E-state index contributed by atoms with van der Waals surface area (Å²) >= 11 is 1.16. The number of morpholine rings is 1. The van der Waals surface area contributed by atoms with E-state index < -0.39 is 16.1 Å². The van der Waals surface area contributed by atoms with Crippen molar-refractivity contribution in [3.8, 4) is 0 Å². The number of aromatic nitrogens is 3. The smallest absolute Gasteiger partial charge is 0.350 e. The zero-order chi connectivity index (χ0) is 25.7. The number of aryl methyl sites for hydroxylation is 1. The molecule has 0 unspecified atom stereocenters. The summed E-state index contributed by atoms with van der Waals surface area (Å²) in [4.78, 5) is 28.1. The fourth-order valence-electron chi connectivity index (χ4n) is 3.44. The molecule has 1 saturated heterocycles. The quantitative estimate of drug-likeness (QED) is 0.273. The van der Waals surface area contributed by atoms with Gasteiger partial charge in [-0.05, 0) is 31.5 Å². The van der Waals surface area contributed by atoms with Crippen LogP contribution in [0.15, 0.2) is 35.2 Å². The molecule has 1 aliphatic rings. The van der Waals surface area contributed by atoms with Crippen molar-refractivity contribution in [1.29, 1.82) is 0 Å². The molecular formula is C22H26N6O6S2. The first kappa shape index (κ1) is 25.8. The Morgan fingerprint density at radius 2 is 1.92 bits per heavy atom. The number of hydrogen-bond donors (Lipinski definition) is 3. The first-order chi connectivity index (χ1) is 17.2. The molecule has 0 radical (unpaired) electrons. The van der Waals surface area contributed by atoms with Gasteiger partial charge in [0.15, 0.2) is 5.13 Å². The van der Waals surface area contributed by atoms with Gasteiger partial charge in [-0.15, -0.1) is 0 Å². The lowest BCUT2D eigenvalue weighted by Crippen LogP contribution is -2.36. The highest BCUT2D eigenvalue weighted by Gasteiger charge is 2.19. The van der Waals surface area contributed by atoms with E-state index in [4.69, 9.17) is 14.0 Å². The van der Waals surface area contributed by atoms with Crippen LogP contribution in [0, 0.1) is 6.92 Å². The number of thiazole rings is 1. The van der Waals surface area contributed by atoms with Crippen molar-refractivity contribution < 1.29 is 27.2 Å². The lowest BCUT2D eigenvalue weighted by atomic mass is 10.2. The van der Waals surface area contributed by atoms with Crippen LogP contribution in [0.1, 0.15) is 27.9 Å². The topological polar surface area (TPSA) is 156 Å². The van der Waals surface area contributed by atoms with Crippen LogP contribution in [0.5, 0.6) is 0 Å². The third-order valence-corrected chi connectivity index (χ3v) is 7.14. The van der Waals surface area contributed by atoms with E-state index in [1.165, 1.54) is 12.1 Å². The summed E-state index contributed by atoms with van der Waals surface area (Å²) in [5.41, 5.74) is 1.34. The second-order valence-electron chi connectivity index (χ2n) is 7.79. The maximum atomic E-state index is 12.2. The molecule has 0 saturated carbocycles. The second-order valence-corrected chi connectivity index (χ2v) is 10.2. The molecule has 3 aromatic rings. The predicted molar refractivity (Wildman–Crippen MR) is 135 cm³/mol. The van der Waals surface area contributed by atoms with Crippen LogP contribution < -0.4 is 15.5 Å². The van der Waals surface area contributed by atoms with Crippen LogP contribution in [-0.2, 0) is 26.1 Å². The van der Waals surface area contributed by atoms with Gasteiger partial charge in [-0.1, -0.05) is 23.5 Å². The number of ether oxygens (including phenoxy) is 2. The van der Waals surface area contributed by atoms with Crippen LogP contribution in [-0.4, -0.2) is 66.8 Å². The van der Waals surface area contributed by atoms with E-state index in [9.17, 15) is 13.2 Å². The minimum absolute atomic E-state index is 0.171. The molecule has 14 heteroatoms. The molecule has 2 aromatic heterocycles. The Labute approximate surface area is 212 Å².